The van der Waals surface area contributed by atoms with Crippen LogP contribution >= 0.6 is 0 Å². The third-order valence-corrected chi connectivity index (χ3v) is 4.69. The molecule has 0 aliphatic rings. The number of sulfonamides is 1. The molecule has 2 rings (SSSR count). The predicted molar refractivity (Wildman–Crippen MR) is 89.3 cm³/mol. The highest BCUT2D eigenvalue weighted by Crippen LogP contribution is 2.26. The number of pyridine rings is 2. The van der Waals surface area contributed by atoms with Crippen molar-refractivity contribution in [2.45, 2.75) is 13.8 Å². The molecule has 0 spiro atoms. The van der Waals surface area contributed by atoms with Crippen molar-refractivity contribution in [1.82, 2.24) is 4.98 Å². The molecule has 0 atom stereocenters. The molecule has 0 saturated heterocycles. The van der Waals surface area contributed by atoms with Crippen LogP contribution in [-0.4, -0.2) is 37.8 Å². The van der Waals surface area contributed by atoms with Crippen LogP contribution in [0.4, 0.5) is 11.5 Å². The van der Waals surface area contributed by atoms with Gasteiger partial charge in [-0.25, -0.2) is 13.4 Å². The van der Waals surface area contributed by atoms with Crippen molar-refractivity contribution in [2.75, 3.05) is 22.9 Å². The van der Waals surface area contributed by atoms with Gasteiger partial charge in [-0.2, -0.15) is 0 Å². The number of aromatic nitrogens is 2. The highest BCUT2D eigenvalue weighted by molar-refractivity contribution is 7.92. The van der Waals surface area contributed by atoms with Crippen molar-refractivity contribution < 1.29 is 23.1 Å². The van der Waals surface area contributed by atoms with Crippen molar-refractivity contribution >= 4 is 27.4 Å². The summed E-state index contributed by atoms with van der Waals surface area (Å²) in [5, 5.41) is 12.7. The van der Waals surface area contributed by atoms with Crippen molar-refractivity contribution in [1.29, 1.82) is 0 Å². The molecule has 24 heavy (non-hydrogen) atoms. The highest BCUT2D eigenvalue weighted by Gasteiger charge is 2.23. The Morgan fingerprint density at radius 1 is 1.33 bits per heavy atom. The van der Waals surface area contributed by atoms with E-state index in [1.165, 1.54) is 26.4 Å². The normalized spacial score (nSPS) is 11.2. The molecule has 0 fully saturated rings. The Morgan fingerprint density at radius 3 is 2.58 bits per heavy atom. The lowest BCUT2D eigenvalue weighted by Crippen LogP contribution is -2.37. The SMILES string of the molecule is CC(=O)Nc1cc(-c2cc(N(C)S(C)(=O)=O)c(C)[n+](O)c2)ccn1. The van der Waals surface area contributed by atoms with Gasteiger partial charge in [0, 0.05) is 31.8 Å². The highest BCUT2D eigenvalue weighted by atomic mass is 32.2. The zero-order chi connectivity index (χ0) is 18.1. The molecule has 1 amide bonds. The van der Waals surface area contributed by atoms with Gasteiger partial charge in [-0.05, 0) is 23.8 Å². The third kappa shape index (κ3) is 3.80. The van der Waals surface area contributed by atoms with Crippen LogP contribution in [0, 0.1) is 6.92 Å². The van der Waals surface area contributed by atoms with Crippen LogP contribution < -0.4 is 14.4 Å². The number of carbonyl (C=O) groups is 1. The van der Waals surface area contributed by atoms with E-state index in [1.807, 2.05) is 0 Å². The quantitative estimate of drug-likeness (QED) is 0.630. The summed E-state index contributed by atoms with van der Waals surface area (Å²) in [4.78, 5) is 15.2. The van der Waals surface area contributed by atoms with E-state index in [2.05, 4.69) is 10.3 Å². The Labute approximate surface area is 140 Å². The minimum atomic E-state index is -3.48. The molecule has 0 aliphatic heterocycles. The summed E-state index contributed by atoms with van der Waals surface area (Å²) in [6, 6.07) is 4.98. The second-order valence-electron chi connectivity index (χ2n) is 5.39. The average Bonchev–Trinajstić information content (AvgIpc) is 2.48. The number of nitrogens with one attached hydrogen (secondary N) is 1. The van der Waals surface area contributed by atoms with Gasteiger partial charge in [0.2, 0.25) is 22.1 Å². The fraction of sp³-hybridized carbons (Fsp3) is 0.267. The van der Waals surface area contributed by atoms with E-state index < -0.39 is 10.0 Å². The Hall–Kier alpha value is -2.68. The first-order valence-electron chi connectivity index (χ1n) is 7.03. The summed E-state index contributed by atoms with van der Waals surface area (Å²) < 4.78 is 25.5. The van der Waals surface area contributed by atoms with Crippen molar-refractivity contribution in [3.63, 3.8) is 0 Å². The number of amides is 1. The Bertz CT molecular complexity index is 896. The lowest BCUT2D eigenvalue weighted by molar-refractivity contribution is -0.908. The van der Waals surface area contributed by atoms with Crippen LogP contribution in [0.1, 0.15) is 12.6 Å². The van der Waals surface area contributed by atoms with E-state index in [4.69, 9.17) is 0 Å². The van der Waals surface area contributed by atoms with E-state index in [1.54, 1.807) is 25.1 Å². The van der Waals surface area contributed by atoms with E-state index in [0.717, 1.165) is 15.3 Å². The Morgan fingerprint density at radius 2 is 2.00 bits per heavy atom. The average molecular weight is 351 g/mol. The van der Waals surface area contributed by atoms with Gasteiger partial charge >= 0.3 is 0 Å². The maximum Gasteiger partial charge on any atom is 0.255 e. The molecule has 2 N–H and O–H groups in total. The van der Waals surface area contributed by atoms with Crippen molar-refractivity contribution in [3.05, 3.63) is 36.3 Å². The molecule has 0 aromatic carbocycles. The molecule has 2 aromatic heterocycles. The fourth-order valence-electron chi connectivity index (χ4n) is 2.15. The molecule has 9 heteroatoms. The fourth-order valence-corrected chi connectivity index (χ4v) is 2.69. The molecule has 0 bridgehead atoms. The standard InChI is InChI=1S/C15H18N4O4S/c1-10-14(18(3)24(4,22)23)7-13(9-19(10)21)12-5-6-16-15(8-12)17-11(2)20/h5-9H,1-4H3,(H-,16,17,20,21)/p+1. The Kier molecular flexibility index (Phi) is 4.74. The van der Waals surface area contributed by atoms with Gasteiger partial charge in [0.1, 0.15) is 11.5 Å². The summed E-state index contributed by atoms with van der Waals surface area (Å²) in [6.07, 6.45) is 4.06. The third-order valence-electron chi connectivity index (χ3n) is 3.50. The number of nitrogens with zero attached hydrogens (tertiary/aromatic N) is 3. The monoisotopic (exact) mass is 351 g/mol. The van der Waals surface area contributed by atoms with E-state index in [-0.39, 0.29) is 5.91 Å². The first-order chi connectivity index (χ1) is 11.1. The van der Waals surface area contributed by atoms with Crippen molar-refractivity contribution in [2.24, 2.45) is 0 Å². The van der Waals surface area contributed by atoms with Crippen LogP contribution in [0.3, 0.4) is 0 Å². The lowest BCUT2D eigenvalue weighted by Gasteiger charge is -2.17. The van der Waals surface area contributed by atoms with Gasteiger partial charge in [0.25, 0.3) is 5.69 Å². The zero-order valence-corrected chi connectivity index (χ0v) is 14.6. The molecule has 2 aromatic rings. The first-order valence-corrected chi connectivity index (χ1v) is 8.88. The second kappa shape index (κ2) is 6.44. The molecular formula is C15H19N4O4S+. The minimum absolute atomic E-state index is 0.252. The second-order valence-corrected chi connectivity index (χ2v) is 7.40. The smallest absolute Gasteiger partial charge is 0.255 e. The van der Waals surface area contributed by atoms with Crippen LogP contribution in [0.2, 0.25) is 0 Å². The maximum atomic E-state index is 11.8. The topological polar surface area (TPSA) is 103 Å². The molecule has 8 nitrogen and oxygen atoms in total. The van der Waals surface area contributed by atoms with Gasteiger partial charge in [-0.3, -0.25) is 14.3 Å². The predicted octanol–water partition coefficient (Wildman–Crippen LogP) is 0.936. The van der Waals surface area contributed by atoms with Gasteiger partial charge in [0.15, 0.2) is 0 Å². The zero-order valence-electron chi connectivity index (χ0n) is 13.8. The van der Waals surface area contributed by atoms with Gasteiger partial charge < -0.3 is 5.32 Å². The van der Waals surface area contributed by atoms with Crippen LogP contribution in [0.15, 0.2) is 30.6 Å². The summed E-state index contributed by atoms with van der Waals surface area (Å²) in [5.74, 6) is 0.112. The van der Waals surface area contributed by atoms with Crippen molar-refractivity contribution in [3.8, 4) is 11.1 Å². The van der Waals surface area contributed by atoms with E-state index in [9.17, 15) is 18.4 Å². The van der Waals surface area contributed by atoms with Crippen LogP contribution in [0.25, 0.3) is 11.1 Å². The van der Waals surface area contributed by atoms with Gasteiger partial charge in [-0.1, -0.05) is 0 Å². The maximum absolute atomic E-state index is 11.8. The summed E-state index contributed by atoms with van der Waals surface area (Å²) in [7, 11) is -2.07. The number of anilines is 2. The molecule has 0 radical (unpaired) electrons. The largest absolute Gasteiger partial charge is 0.311 e. The number of carbonyl (C=O) groups excluding carboxylic acids is 1. The molecule has 2 heterocycles. The number of hydrogen-bond donors (Lipinski definition) is 2. The number of hydrogen-bond acceptors (Lipinski definition) is 5. The lowest BCUT2D eigenvalue weighted by atomic mass is 10.1. The summed E-state index contributed by atoms with van der Waals surface area (Å²) in [6.45, 7) is 2.98. The molecule has 128 valence electrons. The van der Waals surface area contributed by atoms with Gasteiger partial charge in [0.05, 0.1) is 11.8 Å². The number of rotatable bonds is 4. The van der Waals surface area contributed by atoms with E-state index >= 15 is 0 Å². The minimum Gasteiger partial charge on any atom is -0.311 e. The Balaban J connectivity index is 2.56. The van der Waals surface area contributed by atoms with Gasteiger partial charge in [-0.15, -0.1) is 0 Å². The molecule has 0 aliphatic carbocycles. The summed E-state index contributed by atoms with van der Waals surface area (Å²) >= 11 is 0. The molecule has 0 unspecified atom stereocenters. The van der Waals surface area contributed by atoms with E-state index in [0.29, 0.717) is 28.3 Å². The molecule has 0 saturated carbocycles. The van der Waals surface area contributed by atoms with Crippen LogP contribution in [0.5, 0.6) is 0 Å². The summed E-state index contributed by atoms with van der Waals surface area (Å²) in [5.41, 5.74) is 1.96. The van der Waals surface area contributed by atoms with Crippen LogP contribution in [-0.2, 0) is 14.8 Å². The molecular weight excluding hydrogens is 332 g/mol. The first kappa shape index (κ1) is 17.7.